The topological polar surface area (TPSA) is 42.4 Å². The Bertz CT molecular complexity index is 313. The molecule has 15 heavy (non-hydrogen) atoms. The van der Waals surface area contributed by atoms with E-state index in [1.54, 1.807) is 0 Å². The van der Waals surface area contributed by atoms with E-state index < -0.39 is 0 Å². The molecule has 1 fully saturated rings. The van der Waals surface area contributed by atoms with Gasteiger partial charge in [-0.25, -0.2) is 0 Å². The standard InChI is InChI=1S/C12H20N2O/c1-10-7-11(15-12(10)8-13)9-14-5-3-2-4-6-14/h7H,2-6,8-9,13H2,1H3. The van der Waals surface area contributed by atoms with Gasteiger partial charge < -0.3 is 10.2 Å². The number of furan rings is 1. The number of hydrogen-bond acceptors (Lipinski definition) is 3. The van der Waals surface area contributed by atoms with Crippen LogP contribution in [0.5, 0.6) is 0 Å². The molecule has 0 bridgehead atoms. The lowest BCUT2D eigenvalue weighted by atomic mass is 10.1. The van der Waals surface area contributed by atoms with Gasteiger partial charge in [-0.2, -0.15) is 0 Å². The third-order valence-electron chi connectivity index (χ3n) is 3.09. The van der Waals surface area contributed by atoms with Crippen LogP contribution in [0.2, 0.25) is 0 Å². The summed E-state index contributed by atoms with van der Waals surface area (Å²) in [4.78, 5) is 2.46. The zero-order valence-corrected chi connectivity index (χ0v) is 9.46. The smallest absolute Gasteiger partial charge is 0.120 e. The van der Waals surface area contributed by atoms with Gasteiger partial charge in [0.25, 0.3) is 0 Å². The lowest BCUT2D eigenvalue weighted by molar-refractivity contribution is 0.203. The molecule has 1 aliphatic heterocycles. The SMILES string of the molecule is Cc1cc(CN2CCCCC2)oc1CN. The van der Waals surface area contributed by atoms with Crippen LogP contribution < -0.4 is 5.73 Å². The quantitative estimate of drug-likeness (QED) is 0.826. The molecule has 0 aliphatic carbocycles. The number of aryl methyl sites for hydroxylation is 1. The van der Waals surface area contributed by atoms with Crippen molar-refractivity contribution in [3.63, 3.8) is 0 Å². The zero-order chi connectivity index (χ0) is 10.7. The highest BCUT2D eigenvalue weighted by atomic mass is 16.3. The summed E-state index contributed by atoms with van der Waals surface area (Å²) in [7, 11) is 0. The molecule has 0 saturated carbocycles. The molecule has 0 amide bonds. The van der Waals surface area contributed by atoms with Crippen LogP contribution in [0.25, 0.3) is 0 Å². The Kier molecular flexibility index (Phi) is 3.44. The van der Waals surface area contributed by atoms with Crippen LogP contribution in [0, 0.1) is 6.92 Å². The fourth-order valence-electron chi connectivity index (χ4n) is 2.21. The summed E-state index contributed by atoms with van der Waals surface area (Å²) >= 11 is 0. The molecule has 1 aromatic rings. The lowest BCUT2D eigenvalue weighted by Gasteiger charge is -2.25. The van der Waals surface area contributed by atoms with Crippen LogP contribution in [0.15, 0.2) is 10.5 Å². The van der Waals surface area contributed by atoms with Gasteiger partial charge >= 0.3 is 0 Å². The van der Waals surface area contributed by atoms with Crippen LogP contribution in [0.4, 0.5) is 0 Å². The van der Waals surface area contributed by atoms with E-state index in [4.69, 9.17) is 10.2 Å². The van der Waals surface area contributed by atoms with Crippen LogP contribution in [-0.4, -0.2) is 18.0 Å². The Morgan fingerprint density at radius 1 is 1.33 bits per heavy atom. The predicted molar refractivity (Wildman–Crippen MR) is 60.5 cm³/mol. The molecule has 0 spiro atoms. The fraction of sp³-hybridized carbons (Fsp3) is 0.667. The summed E-state index contributed by atoms with van der Waals surface area (Å²) in [6, 6.07) is 2.12. The first-order chi connectivity index (χ1) is 7.29. The summed E-state index contributed by atoms with van der Waals surface area (Å²) < 4.78 is 5.70. The van der Waals surface area contributed by atoms with Crippen molar-refractivity contribution in [1.29, 1.82) is 0 Å². The fourth-order valence-corrected chi connectivity index (χ4v) is 2.21. The zero-order valence-electron chi connectivity index (χ0n) is 9.46. The second kappa shape index (κ2) is 4.81. The molecular weight excluding hydrogens is 188 g/mol. The molecular formula is C12H20N2O. The van der Waals surface area contributed by atoms with E-state index in [0.29, 0.717) is 6.54 Å². The third kappa shape index (κ3) is 2.61. The number of nitrogens with two attached hydrogens (primary N) is 1. The van der Waals surface area contributed by atoms with Gasteiger partial charge in [0.05, 0.1) is 13.1 Å². The first kappa shape index (κ1) is 10.7. The van der Waals surface area contributed by atoms with Crippen molar-refractivity contribution in [1.82, 2.24) is 4.90 Å². The molecule has 0 aromatic carbocycles. The highest BCUT2D eigenvalue weighted by Crippen LogP contribution is 2.18. The van der Waals surface area contributed by atoms with Crippen LogP contribution in [0.3, 0.4) is 0 Å². The first-order valence-corrected chi connectivity index (χ1v) is 5.80. The Balaban J connectivity index is 1.97. The van der Waals surface area contributed by atoms with Crippen LogP contribution in [0.1, 0.15) is 36.3 Å². The number of piperidine rings is 1. The molecule has 0 unspecified atom stereocenters. The summed E-state index contributed by atoms with van der Waals surface area (Å²) in [5, 5.41) is 0. The highest BCUT2D eigenvalue weighted by Gasteiger charge is 2.13. The summed E-state index contributed by atoms with van der Waals surface area (Å²) in [5.41, 5.74) is 6.77. The molecule has 2 N–H and O–H groups in total. The van der Waals surface area contributed by atoms with E-state index in [9.17, 15) is 0 Å². The molecule has 3 nitrogen and oxygen atoms in total. The Morgan fingerprint density at radius 2 is 2.07 bits per heavy atom. The van der Waals surface area contributed by atoms with Crippen LogP contribution >= 0.6 is 0 Å². The minimum Gasteiger partial charge on any atom is -0.463 e. The van der Waals surface area contributed by atoms with Crippen molar-refractivity contribution in [2.45, 2.75) is 39.3 Å². The molecule has 2 heterocycles. The molecule has 1 saturated heterocycles. The highest BCUT2D eigenvalue weighted by molar-refractivity contribution is 5.19. The molecule has 1 aromatic heterocycles. The predicted octanol–water partition coefficient (Wildman–Crippen LogP) is 2.03. The minimum atomic E-state index is 0.506. The molecule has 84 valence electrons. The maximum absolute atomic E-state index is 5.70. The van der Waals surface area contributed by atoms with E-state index in [0.717, 1.165) is 18.1 Å². The molecule has 2 rings (SSSR count). The number of rotatable bonds is 3. The van der Waals surface area contributed by atoms with Gasteiger partial charge in [-0.15, -0.1) is 0 Å². The average Bonchev–Trinajstić information content (AvgIpc) is 2.60. The number of likely N-dealkylation sites (tertiary alicyclic amines) is 1. The van der Waals surface area contributed by atoms with Gasteiger partial charge in [-0.3, -0.25) is 4.90 Å². The minimum absolute atomic E-state index is 0.506. The van der Waals surface area contributed by atoms with E-state index in [1.165, 1.54) is 37.9 Å². The Hall–Kier alpha value is -0.800. The van der Waals surface area contributed by atoms with E-state index in [-0.39, 0.29) is 0 Å². The van der Waals surface area contributed by atoms with Crippen LogP contribution in [-0.2, 0) is 13.1 Å². The molecule has 3 heteroatoms. The lowest BCUT2D eigenvalue weighted by Crippen LogP contribution is -2.28. The van der Waals surface area contributed by atoms with Crippen molar-refractivity contribution in [3.05, 3.63) is 23.2 Å². The van der Waals surface area contributed by atoms with Gasteiger partial charge in [0.1, 0.15) is 11.5 Å². The average molecular weight is 208 g/mol. The van der Waals surface area contributed by atoms with Crippen molar-refractivity contribution >= 4 is 0 Å². The van der Waals surface area contributed by atoms with Gasteiger partial charge in [0, 0.05) is 0 Å². The number of nitrogens with zero attached hydrogens (tertiary/aromatic N) is 1. The molecule has 0 atom stereocenters. The van der Waals surface area contributed by atoms with E-state index >= 15 is 0 Å². The Labute approximate surface area is 91.2 Å². The van der Waals surface area contributed by atoms with Gasteiger partial charge in [-0.1, -0.05) is 6.42 Å². The van der Waals surface area contributed by atoms with Crippen molar-refractivity contribution < 1.29 is 4.42 Å². The maximum Gasteiger partial charge on any atom is 0.120 e. The molecule has 0 radical (unpaired) electrons. The monoisotopic (exact) mass is 208 g/mol. The normalized spacial score (nSPS) is 18.3. The number of hydrogen-bond donors (Lipinski definition) is 1. The van der Waals surface area contributed by atoms with Gasteiger partial charge in [0.15, 0.2) is 0 Å². The molecule has 1 aliphatic rings. The van der Waals surface area contributed by atoms with Crippen molar-refractivity contribution in [3.8, 4) is 0 Å². The van der Waals surface area contributed by atoms with Gasteiger partial charge in [0.2, 0.25) is 0 Å². The third-order valence-corrected chi connectivity index (χ3v) is 3.09. The van der Waals surface area contributed by atoms with Gasteiger partial charge in [-0.05, 0) is 44.5 Å². The van der Waals surface area contributed by atoms with E-state index in [1.807, 2.05) is 0 Å². The summed E-state index contributed by atoms with van der Waals surface area (Å²) in [5.74, 6) is 2.00. The van der Waals surface area contributed by atoms with Crippen molar-refractivity contribution in [2.75, 3.05) is 13.1 Å². The second-order valence-corrected chi connectivity index (χ2v) is 4.36. The van der Waals surface area contributed by atoms with Crippen molar-refractivity contribution in [2.24, 2.45) is 5.73 Å². The second-order valence-electron chi connectivity index (χ2n) is 4.36. The maximum atomic E-state index is 5.70. The first-order valence-electron chi connectivity index (χ1n) is 5.80. The Morgan fingerprint density at radius 3 is 2.67 bits per heavy atom. The largest absolute Gasteiger partial charge is 0.463 e. The summed E-state index contributed by atoms with van der Waals surface area (Å²) in [6.45, 7) is 5.92. The van der Waals surface area contributed by atoms with E-state index in [2.05, 4.69) is 17.9 Å². The summed E-state index contributed by atoms with van der Waals surface area (Å²) in [6.07, 6.45) is 4.02.